The van der Waals surface area contributed by atoms with Gasteiger partial charge in [-0.3, -0.25) is 4.79 Å². The Labute approximate surface area is 141 Å². The maximum atomic E-state index is 12.3. The Morgan fingerprint density at radius 3 is 2.17 bits per heavy atom. The second-order valence-corrected chi connectivity index (χ2v) is 5.69. The predicted octanol–water partition coefficient (Wildman–Crippen LogP) is 4.07. The molecule has 0 unspecified atom stereocenters. The van der Waals surface area contributed by atoms with Crippen LogP contribution in [0.15, 0.2) is 72.9 Å². The Kier molecular flexibility index (Phi) is 4.57. The van der Waals surface area contributed by atoms with Gasteiger partial charge in [-0.1, -0.05) is 30.3 Å². The summed E-state index contributed by atoms with van der Waals surface area (Å²) in [5, 5.41) is 2.82. The van der Waals surface area contributed by atoms with Crippen molar-refractivity contribution in [3.05, 3.63) is 78.5 Å². The summed E-state index contributed by atoms with van der Waals surface area (Å²) in [6.07, 6.45) is 1.76. The van der Waals surface area contributed by atoms with Crippen molar-refractivity contribution in [3.63, 3.8) is 0 Å². The van der Waals surface area contributed by atoms with Gasteiger partial charge in [0.05, 0.1) is 0 Å². The first-order valence-corrected chi connectivity index (χ1v) is 7.74. The number of rotatable bonds is 4. The second kappa shape index (κ2) is 6.96. The van der Waals surface area contributed by atoms with E-state index < -0.39 is 0 Å². The first kappa shape index (κ1) is 15.7. The molecule has 4 nitrogen and oxygen atoms in total. The van der Waals surface area contributed by atoms with Gasteiger partial charge < -0.3 is 10.2 Å². The average molecular weight is 317 g/mol. The standard InChI is InChI=1S/C20H19N3O/c1-23(2)18-11-8-16(9-12-18)20(24)22-19-13-10-17(14-21-19)15-6-4-3-5-7-15/h3-14H,1-2H3,(H,21,22,24). The largest absolute Gasteiger partial charge is 0.378 e. The van der Waals surface area contributed by atoms with Gasteiger partial charge in [-0.15, -0.1) is 0 Å². The molecule has 0 bridgehead atoms. The van der Waals surface area contributed by atoms with E-state index in [1.54, 1.807) is 6.20 Å². The maximum absolute atomic E-state index is 12.3. The quantitative estimate of drug-likeness (QED) is 0.789. The van der Waals surface area contributed by atoms with Gasteiger partial charge in [-0.2, -0.15) is 0 Å². The summed E-state index contributed by atoms with van der Waals surface area (Å²) >= 11 is 0. The van der Waals surface area contributed by atoms with E-state index in [1.807, 2.05) is 85.7 Å². The molecule has 0 fully saturated rings. The number of anilines is 2. The van der Waals surface area contributed by atoms with Crippen molar-refractivity contribution in [2.45, 2.75) is 0 Å². The van der Waals surface area contributed by atoms with E-state index >= 15 is 0 Å². The number of hydrogen-bond acceptors (Lipinski definition) is 3. The minimum Gasteiger partial charge on any atom is -0.378 e. The molecular weight excluding hydrogens is 298 g/mol. The number of carbonyl (C=O) groups excluding carboxylic acids is 1. The van der Waals surface area contributed by atoms with Crippen LogP contribution in [0.2, 0.25) is 0 Å². The zero-order valence-corrected chi connectivity index (χ0v) is 13.7. The number of pyridine rings is 1. The molecule has 24 heavy (non-hydrogen) atoms. The van der Waals surface area contributed by atoms with E-state index in [0.29, 0.717) is 11.4 Å². The van der Waals surface area contributed by atoms with Crippen LogP contribution in [-0.2, 0) is 0 Å². The van der Waals surface area contributed by atoms with Crippen LogP contribution in [-0.4, -0.2) is 25.0 Å². The summed E-state index contributed by atoms with van der Waals surface area (Å²) in [5.41, 5.74) is 3.78. The first-order valence-electron chi connectivity index (χ1n) is 7.74. The fourth-order valence-corrected chi connectivity index (χ4v) is 2.37. The smallest absolute Gasteiger partial charge is 0.256 e. The van der Waals surface area contributed by atoms with E-state index in [2.05, 4.69) is 10.3 Å². The molecule has 0 atom stereocenters. The fraction of sp³-hybridized carbons (Fsp3) is 0.100. The number of benzene rings is 2. The van der Waals surface area contributed by atoms with Crippen LogP contribution in [0.1, 0.15) is 10.4 Å². The number of aromatic nitrogens is 1. The Morgan fingerprint density at radius 2 is 1.58 bits per heavy atom. The Morgan fingerprint density at radius 1 is 0.875 bits per heavy atom. The molecule has 0 saturated carbocycles. The molecule has 2 aromatic carbocycles. The Bertz CT molecular complexity index is 810. The zero-order chi connectivity index (χ0) is 16.9. The zero-order valence-electron chi connectivity index (χ0n) is 13.7. The second-order valence-electron chi connectivity index (χ2n) is 5.69. The maximum Gasteiger partial charge on any atom is 0.256 e. The Balaban J connectivity index is 1.70. The van der Waals surface area contributed by atoms with Crippen molar-refractivity contribution in [1.29, 1.82) is 0 Å². The molecule has 0 spiro atoms. The van der Waals surface area contributed by atoms with Crippen molar-refractivity contribution in [2.75, 3.05) is 24.3 Å². The van der Waals surface area contributed by atoms with Gasteiger partial charge >= 0.3 is 0 Å². The lowest BCUT2D eigenvalue weighted by Crippen LogP contribution is -2.13. The van der Waals surface area contributed by atoms with Crippen molar-refractivity contribution in [2.24, 2.45) is 0 Å². The van der Waals surface area contributed by atoms with Gasteiger partial charge in [0, 0.05) is 37.1 Å². The minimum atomic E-state index is -0.166. The van der Waals surface area contributed by atoms with Gasteiger partial charge in [0.1, 0.15) is 5.82 Å². The van der Waals surface area contributed by atoms with Crippen LogP contribution in [0.3, 0.4) is 0 Å². The summed E-state index contributed by atoms with van der Waals surface area (Å²) in [7, 11) is 3.93. The lowest BCUT2D eigenvalue weighted by molar-refractivity contribution is 0.102. The third-order valence-electron chi connectivity index (χ3n) is 3.76. The molecule has 3 rings (SSSR count). The van der Waals surface area contributed by atoms with E-state index in [-0.39, 0.29) is 5.91 Å². The third kappa shape index (κ3) is 3.60. The van der Waals surface area contributed by atoms with Gasteiger partial charge in [0.25, 0.3) is 5.91 Å². The summed E-state index contributed by atoms with van der Waals surface area (Å²) in [4.78, 5) is 18.6. The molecule has 0 aliphatic rings. The molecule has 3 aromatic rings. The fourth-order valence-electron chi connectivity index (χ4n) is 2.37. The monoisotopic (exact) mass is 317 g/mol. The van der Waals surface area contributed by atoms with Crippen molar-refractivity contribution in [3.8, 4) is 11.1 Å². The number of amides is 1. The topological polar surface area (TPSA) is 45.2 Å². The summed E-state index contributed by atoms with van der Waals surface area (Å²) in [6, 6.07) is 21.2. The van der Waals surface area contributed by atoms with E-state index in [1.165, 1.54) is 0 Å². The summed E-state index contributed by atoms with van der Waals surface area (Å²) in [5.74, 6) is 0.372. The van der Waals surface area contributed by atoms with E-state index in [4.69, 9.17) is 0 Å². The molecule has 0 aliphatic carbocycles. The van der Waals surface area contributed by atoms with Crippen LogP contribution in [0, 0.1) is 0 Å². The van der Waals surface area contributed by atoms with E-state index in [9.17, 15) is 4.79 Å². The third-order valence-corrected chi connectivity index (χ3v) is 3.76. The number of nitrogens with zero attached hydrogens (tertiary/aromatic N) is 2. The summed E-state index contributed by atoms with van der Waals surface area (Å²) < 4.78 is 0. The molecule has 1 aromatic heterocycles. The lowest BCUT2D eigenvalue weighted by Gasteiger charge is -2.12. The van der Waals surface area contributed by atoms with Crippen molar-refractivity contribution in [1.82, 2.24) is 4.98 Å². The molecular formula is C20H19N3O. The normalized spacial score (nSPS) is 10.2. The molecule has 0 saturated heterocycles. The highest BCUT2D eigenvalue weighted by molar-refractivity contribution is 6.04. The van der Waals surface area contributed by atoms with Crippen LogP contribution >= 0.6 is 0 Å². The van der Waals surface area contributed by atoms with Crippen molar-refractivity contribution < 1.29 is 4.79 Å². The lowest BCUT2D eigenvalue weighted by atomic mass is 10.1. The highest BCUT2D eigenvalue weighted by Crippen LogP contribution is 2.19. The van der Waals surface area contributed by atoms with Crippen LogP contribution in [0.4, 0.5) is 11.5 Å². The molecule has 0 aliphatic heterocycles. The predicted molar refractivity (Wildman–Crippen MR) is 98.4 cm³/mol. The molecule has 1 N–H and O–H groups in total. The average Bonchev–Trinajstić information content (AvgIpc) is 2.63. The molecule has 4 heteroatoms. The van der Waals surface area contributed by atoms with Gasteiger partial charge in [0.2, 0.25) is 0 Å². The van der Waals surface area contributed by atoms with Crippen LogP contribution in [0.25, 0.3) is 11.1 Å². The minimum absolute atomic E-state index is 0.166. The molecule has 1 heterocycles. The first-order chi connectivity index (χ1) is 11.6. The molecule has 1 amide bonds. The van der Waals surface area contributed by atoms with E-state index in [0.717, 1.165) is 16.8 Å². The number of carbonyl (C=O) groups is 1. The van der Waals surface area contributed by atoms with Crippen LogP contribution < -0.4 is 10.2 Å². The number of nitrogens with one attached hydrogen (secondary N) is 1. The van der Waals surface area contributed by atoms with Gasteiger partial charge in [-0.05, 0) is 42.0 Å². The summed E-state index contributed by atoms with van der Waals surface area (Å²) in [6.45, 7) is 0. The SMILES string of the molecule is CN(C)c1ccc(C(=O)Nc2ccc(-c3ccccc3)cn2)cc1. The van der Waals surface area contributed by atoms with Gasteiger partial charge in [0.15, 0.2) is 0 Å². The molecule has 120 valence electrons. The van der Waals surface area contributed by atoms with Crippen LogP contribution in [0.5, 0.6) is 0 Å². The highest BCUT2D eigenvalue weighted by atomic mass is 16.1. The van der Waals surface area contributed by atoms with Gasteiger partial charge in [-0.25, -0.2) is 4.98 Å². The van der Waals surface area contributed by atoms with Crippen molar-refractivity contribution >= 4 is 17.4 Å². The molecule has 0 radical (unpaired) electrons. The Hall–Kier alpha value is -3.14. The highest BCUT2D eigenvalue weighted by Gasteiger charge is 2.07. The number of hydrogen-bond donors (Lipinski definition) is 1.